The highest BCUT2D eigenvalue weighted by atomic mass is 32.2. The Morgan fingerprint density at radius 2 is 1.88 bits per heavy atom. The molecule has 0 unspecified atom stereocenters. The van der Waals surface area contributed by atoms with Crippen molar-refractivity contribution in [3.05, 3.63) is 35.4 Å². The number of nitrogens with one attached hydrogen (secondary N) is 1. The average molecular weight is 349 g/mol. The van der Waals surface area contributed by atoms with E-state index in [1.165, 1.54) is 11.1 Å². The third-order valence-electron chi connectivity index (χ3n) is 5.51. The summed E-state index contributed by atoms with van der Waals surface area (Å²) in [5.41, 5.74) is 2.36. The molecule has 1 fully saturated rings. The highest BCUT2D eigenvalue weighted by Crippen LogP contribution is 2.29. The highest BCUT2D eigenvalue weighted by Gasteiger charge is 2.33. The molecule has 132 valence electrons. The van der Waals surface area contributed by atoms with E-state index in [1.807, 2.05) is 12.1 Å². The van der Waals surface area contributed by atoms with Crippen LogP contribution in [0, 0.1) is 0 Å². The Morgan fingerprint density at radius 1 is 1.21 bits per heavy atom. The normalized spacial score (nSPS) is 24.5. The van der Waals surface area contributed by atoms with E-state index < -0.39 is 9.84 Å². The summed E-state index contributed by atoms with van der Waals surface area (Å²) in [6.07, 6.45) is 6.25. The van der Waals surface area contributed by atoms with E-state index in [2.05, 4.69) is 24.4 Å². The number of sulfone groups is 1. The Balaban J connectivity index is 1.55. The van der Waals surface area contributed by atoms with Gasteiger partial charge in [0.25, 0.3) is 0 Å². The molecular weight excluding hydrogens is 322 g/mol. The summed E-state index contributed by atoms with van der Waals surface area (Å²) in [6, 6.07) is 8.34. The lowest BCUT2D eigenvalue weighted by molar-refractivity contribution is -0.122. The first-order valence-electron chi connectivity index (χ1n) is 8.97. The number of amides is 1. The van der Waals surface area contributed by atoms with E-state index in [4.69, 9.17) is 0 Å². The molecule has 1 saturated carbocycles. The summed E-state index contributed by atoms with van der Waals surface area (Å²) in [6.45, 7) is 2.06. The van der Waals surface area contributed by atoms with Gasteiger partial charge in [-0.1, -0.05) is 37.1 Å². The Labute approximate surface area is 145 Å². The molecule has 3 rings (SSSR count). The zero-order valence-electron chi connectivity index (χ0n) is 14.4. The first kappa shape index (κ1) is 17.5. The molecule has 1 aromatic rings. The number of fused-ring (bicyclic) bond motifs is 1. The molecule has 0 aromatic heterocycles. The maximum atomic E-state index is 12.3. The molecule has 24 heavy (non-hydrogen) atoms. The molecule has 1 N–H and O–H groups in total. The van der Waals surface area contributed by atoms with E-state index in [-0.39, 0.29) is 28.9 Å². The molecule has 0 heterocycles. The van der Waals surface area contributed by atoms with Gasteiger partial charge in [0, 0.05) is 12.0 Å². The molecule has 0 saturated heterocycles. The smallest absolute Gasteiger partial charge is 0.221 e. The van der Waals surface area contributed by atoms with Crippen LogP contribution in [0.1, 0.15) is 56.6 Å². The number of hydrogen-bond acceptors (Lipinski definition) is 3. The summed E-state index contributed by atoms with van der Waals surface area (Å²) in [5.74, 6) is -0.158. The maximum Gasteiger partial charge on any atom is 0.221 e. The van der Waals surface area contributed by atoms with Crippen LogP contribution in [0.4, 0.5) is 0 Å². The number of benzene rings is 1. The Hall–Kier alpha value is -1.36. The van der Waals surface area contributed by atoms with Gasteiger partial charge in [-0.3, -0.25) is 4.79 Å². The van der Waals surface area contributed by atoms with Crippen LogP contribution in [-0.4, -0.2) is 30.9 Å². The largest absolute Gasteiger partial charge is 0.351 e. The summed E-state index contributed by atoms with van der Waals surface area (Å²) >= 11 is 0. The van der Waals surface area contributed by atoms with Crippen molar-refractivity contribution in [3.63, 3.8) is 0 Å². The van der Waals surface area contributed by atoms with Gasteiger partial charge in [-0.25, -0.2) is 8.42 Å². The molecule has 5 heteroatoms. The molecule has 4 nitrogen and oxygen atoms in total. The molecule has 1 amide bonds. The number of carbonyl (C=O) groups excluding carboxylic acids is 1. The molecule has 0 radical (unpaired) electrons. The summed E-state index contributed by atoms with van der Waals surface area (Å²) in [5, 5.41) is 2.88. The second kappa shape index (κ2) is 6.87. The molecule has 2 aliphatic rings. The van der Waals surface area contributed by atoms with Gasteiger partial charge in [0.15, 0.2) is 9.84 Å². The molecule has 2 aliphatic carbocycles. The van der Waals surface area contributed by atoms with Gasteiger partial charge in [-0.05, 0) is 50.2 Å². The Kier molecular flexibility index (Phi) is 5.00. The predicted octanol–water partition coefficient (Wildman–Crippen LogP) is 2.80. The van der Waals surface area contributed by atoms with Gasteiger partial charge in [0.1, 0.15) is 0 Å². The van der Waals surface area contributed by atoms with Gasteiger partial charge in [-0.15, -0.1) is 0 Å². The van der Waals surface area contributed by atoms with Crippen molar-refractivity contribution in [2.45, 2.75) is 69.1 Å². The number of rotatable bonds is 5. The van der Waals surface area contributed by atoms with E-state index in [0.29, 0.717) is 0 Å². The zero-order valence-corrected chi connectivity index (χ0v) is 15.2. The fourth-order valence-electron chi connectivity index (χ4n) is 4.05. The fourth-order valence-corrected chi connectivity index (χ4v) is 5.90. The Bertz CT molecular complexity index is 707. The highest BCUT2D eigenvalue weighted by molar-refractivity contribution is 7.92. The van der Waals surface area contributed by atoms with Gasteiger partial charge < -0.3 is 5.32 Å². The van der Waals surface area contributed by atoms with Crippen LogP contribution >= 0.6 is 0 Å². The minimum absolute atomic E-state index is 0.0177. The molecule has 0 spiro atoms. The van der Waals surface area contributed by atoms with Crippen LogP contribution < -0.4 is 5.32 Å². The lowest BCUT2D eigenvalue weighted by Gasteiger charge is -2.36. The SMILES string of the molecule is C[C@@]1(NC(=O)CCS(=O)(=O)C2CCCC2)CCc2ccccc2C1. The molecular formula is C19H27NO3S. The minimum Gasteiger partial charge on any atom is -0.351 e. The predicted molar refractivity (Wildman–Crippen MR) is 95.7 cm³/mol. The second-order valence-corrected chi connectivity index (χ2v) is 9.98. The molecule has 1 aromatic carbocycles. The van der Waals surface area contributed by atoms with Crippen molar-refractivity contribution in [3.8, 4) is 0 Å². The Morgan fingerprint density at radius 3 is 2.58 bits per heavy atom. The van der Waals surface area contributed by atoms with Gasteiger partial charge in [0.2, 0.25) is 5.91 Å². The first-order valence-corrected chi connectivity index (χ1v) is 10.7. The number of aryl methyl sites for hydroxylation is 1. The molecule has 0 bridgehead atoms. The lowest BCUT2D eigenvalue weighted by atomic mass is 9.79. The standard InChI is InChI=1S/C19H27NO3S/c1-19(12-10-15-6-2-3-7-16(15)14-19)20-18(21)11-13-24(22,23)17-8-4-5-9-17/h2-3,6-7,17H,4-5,8-14H2,1H3,(H,20,21)/t19-/m1/s1. The van der Waals surface area contributed by atoms with Crippen LogP contribution in [-0.2, 0) is 27.5 Å². The fraction of sp³-hybridized carbons (Fsp3) is 0.632. The van der Waals surface area contributed by atoms with Crippen LogP contribution in [0.25, 0.3) is 0 Å². The summed E-state index contributed by atoms with van der Waals surface area (Å²) in [7, 11) is -3.13. The minimum atomic E-state index is -3.13. The van der Waals surface area contributed by atoms with Gasteiger partial charge in [0.05, 0.1) is 11.0 Å². The van der Waals surface area contributed by atoms with Crippen molar-refractivity contribution < 1.29 is 13.2 Å². The van der Waals surface area contributed by atoms with E-state index >= 15 is 0 Å². The van der Waals surface area contributed by atoms with Crippen LogP contribution in [0.5, 0.6) is 0 Å². The maximum absolute atomic E-state index is 12.3. The van der Waals surface area contributed by atoms with Crippen molar-refractivity contribution in [2.24, 2.45) is 0 Å². The molecule has 1 atom stereocenters. The number of carbonyl (C=O) groups is 1. The van der Waals surface area contributed by atoms with Gasteiger partial charge >= 0.3 is 0 Å². The topological polar surface area (TPSA) is 63.2 Å². The van der Waals surface area contributed by atoms with Crippen molar-refractivity contribution in [2.75, 3.05) is 5.75 Å². The van der Waals surface area contributed by atoms with Crippen molar-refractivity contribution >= 4 is 15.7 Å². The third-order valence-corrected chi connectivity index (χ3v) is 7.77. The van der Waals surface area contributed by atoms with E-state index in [1.54, 1.807) is 0 Å². The monoisotopic (exact) mass is 349 g/mol. The van der Waals surface area contributed by atoms with Crippen LogP contribution in [0.3, 0.4) is 0 Å². The second-order valence-electron chi connectivity index (χ2n) is 7.58. The van der Waals surface area contributed by atoms with Gasteiger partial charge in [-0.2, -0.15) is 0 Å². The average Bonchev–Trinajstić information content (AvgIpc) is 3.08. The quantitative estimate of drug-likeness (QED) is 0.889. The number of hydrogen-bond donors (Lipinski definition) is 1. The van der Waals surface area contributed by atoms with E-state index in [0.717, 1.165) is 44.9 Å². The van der Waals surface area contributed by atoms with Crippen molar-refractivity contribution in [1.82, 2.24) is 5.32 Å². The van der Waals surface area contributed by atoms with Crippen LogP contribution in [0.15, 0.2) is 24.3 Å². The first-order chi connectivity index (χ1) is 11.4. The third kappa shape index (κ3) is 4.00. The van der Waals surface area contributed by atoms with Crippen LogP contribution in [0.2, 0.25) is 0 Å². The van der Waals surface area contributed by atoms with E-state index in [9.17, 15) is 13.2 Å². The lowest BCUT2D eigenvalue weighted by Crippen LogP contribution is -2.50. The summed E-state index contributed by atoms with van der Waals surface area (Å²) in [4.78, 5) is 12.3. The zero-order chi connectivity index (χ0) is 17.2. The summed E-state index contributed by atoms with van der Waals surface area (Å²) < 4.78 is 24.6. The molecule has 0 aliphatic heterocycles. The van der Waals surface area contributed by atoms with Crippen molar-refractivity contribution in [1.29, 1.82) is 0 Å².